The Labute approximate surface area is 84.1 Å². The van der Waals surface area contributed by atoms with Gasteiger partial charge >= 0.3 is 5.97 Å². The van der Waals surface area contributed by atoms with Gasteiger partial charge in [-0.2, -0.15) is 11.8 Å². The molecule has 2 nitrogen and oxygen atoms in total. The minimum absolute atomic E-state index is 0.0776. The number of carboxylic acid groups (broad SMARTS) is 1. The third-order valence-corrected chi connectivity index (χ3v) is 4.74. The van der Waals surface area contributed by atoms with Crippen LogP contribution in [0.5, 0.6) is 0 Å². The van der Waals surface area contributed by atoms with E-state index in [0.29, 0.717) is 16.4 Å². The molecule has 13 heavy (non-hydrogen) atoms. The summed E-state index contributed by atoms with van der Waals surface area (Å²) in [5.74, 6) is -0.0500. The molecule has 0 amide bonds. The fourth-order valence-corrected chi connectivity index (χ4v) is 2.93. The summed E-state index contributed by atoms with van der Waals surface area (Å²) in [4.78, 5) is 10.7. The molecule has 3 heteroatoms. The first-order chi connectivity index (χ1) is 6.02. The highest BCUT2D eigenvalue weighted by molar-refractivity contribution is 8.00. The van der Waals surface area contributed by atoms with Crippen LogP contribution in [0.3, 0.4) is 0 Å². The van der Waals surface area contributed by atoms with Crippen LogP contribution in [-0.2, 0) is 4.79 Å². The number of rotatable bonds is 4. The van der Waals surface area contributed by atoms with Gasteiger partial charge in [0.05, 0.1) is 5.92 Å². The maximum atomic E-state index is 10.7. The minimum Gasteiger partial charge on any atom is -0.481 e. The zero-order valence-electron chi connectivity index (χ0n) is 8.49. The number of thioether (sulfide) groups is 1. The summed E-state index contributed by atoms with van der Waals surface area (Å²) in [7, 11) is 0. The smallest absolute Gasteiger partial charge is 0.307 e. The molecule has 0 heterocycles. The van der Waals surface area contributed by atoms with Crippen molar-refractivity contribution >= 4 is 17.7 Å². The molecule has 0 bridgehead atoms. The zero-order chi connectivity index (χ0) is 10.0. The van der Waals surface area contributed by atoms with Gasteiger partial charge in [-0.3, -0.25) is 4.79 Å². The molecule has 0 aliphatic heterocycles. The van der Waals surface area contributed by atoms with E-state index in [0.717, 1.165) is 12.8 Å². The van der Waals surface area contributed by atoms with Gasteiger partial charge in [0.2, 0.25) is 0 Å². The van der Waals surface area contributed by atoms with Crippen molar-refractivity contribution < 1.29 is 9.90 Å². The SMILES string of the molecule is CC(C)C(C)SC1CCC1C(=O)O. The third-order valence-electron chi connectivity index (χ3n) is 2.86. The largest absolute Gasteiger partial charge is 0.481 e. The fourth-order valence-electron chi connectivity index (χ4n) is 1.35. The van der Waals surface area contributed by atoms with Crippen LogP contribution < -0.4 is 0 Å². The average molecular weight is 202 g/mol. The van der Waals surface area contributed by atoms with Crippen molar-refractivity contribution in [2.24, 2.45) is 11.8 Å². The highest BCUT2D eigenvalue weighted by Gasteiger charge is 2.37. The molecule has 3 unspecified atom stereocenters. The Morgan fingerprint density at radius 1 is 1.38 bits per heavy atom. The van der Waals surface area contributed by atoms with Crippen molar-refractivity contribution in [3.8, 4) is 0 Å². The Hall–Kier alpha value is -0.180. The van der Waals surface area contributed by atoms with Crippen molar-refractivity contribution in [1.29, 1.82) is 0 Å². The van der Waals surface area contributed by atoms with Gasteiger partial charge in [-0.25, -0.2) is 0 Å². The number of hydrogen-bond donors (Lipinski definition) is 1. The molecule has 3 atom stereocenters. The Kier molecular flexibility index (Phi) is 3.65. The van der Waals surface area contributed by atoms with Crippen LogP contribution in [0, 0.1) is 11.8 Å². The van der Waals surface area contributed by atoms with E-state index in [1.807, 2.05) is 11.8 Å². The maximum Gasteiger partial charge on any atom is 0.307 e. The van der Waals surface area contributed by atoms with E-state index < -0.39 is 5.97 Å². The molecule has 1 rings (SSSR count). The highest BCUT2D eigenvalue weighted by atomic mass is 32.2. The third kappa shape index (κ3) is 2.63. The molecular formula is C10H18O2S. The van der Waals surface area contributed by atoms with Crippen molar-refractivity contribution in [2.75, 3.05) is 0 Å². The van der Waals surface area contributed by atoms with Crippen LogP contribution in [0.4, 0.5) is 0 Å². The van der Waals surface area contributed by atoms with Crippen LogP contribution in [0.25, 0.3) is 0 Å². The van der Waals surface area contributed by atoms with Crippen LogP contribution in [0.2, 0.25) is 0 Å². The first-order valence-corrected chi connectivity index (χ1v) is 5.85. The highest BCUT2D eigenvalue weighted by Crippen LogP contribution is 2.41. The summed E-state index contributed by atoms with van der Waals surface area (Å²) in [6.45, 7) is 6.56. The molecule has 0 spiro atoms. The lowest BCUT2D eigenvalue weighted by atomic mass is 9.85. The quantitative estimate of drug-likeness (QED) is 0.761. The summed E-state index contributed by atoms with van der Waals surface area (Å²) >= 11 is 1.85. The predicted octanol–water partition coefficient (Wildman–Crippen LogP) is 2.63. The first-order valence-electron chi connectivity index (χ1n) is 4.90. The predicted molar refractivity (Wildman–Crippen MR) is 56.0 cm³/mol. The zero-order valence-corrected chi connectivity index (χ0v) is 9.30. The summed E-state index contributed by atoms with van der Waals surface area (Å²) in [6.07, 6.45) is 1.95. The van der Waals surface area contributed by atoms with Crippen LogP contribution in [0.15, 0.2) is 0 Å². The number of carbonyl (C=O) groups is 1. The fraction of sp³-hybridized carbons (Fsp3) is 0.900. The van der Waals surface area contributed by atoms with E-state index >= 15 is 0 Å². The Morgan fingerprint density at radius 3 is 2.31 bits per heavy atom. The lowest BCUT2D eigenvalue weighted by Gasteiger charge is -2.35. The average Bonchev–Trinajstić information content (AvgIpc) is 1.95. The van der Waals surface area contributed by atoms with Crippen LogP contribution in [0.1, 0.15) is 33.6 Å². The van der Waals surface area contributed by atoms with Crippen LogP contribution in [-0.4, -0.2) is 21.6 Å². The van der Waals surface area contributed by atoms with E-state index in [1.54, 1.807) is 0 Å². The van der Waals surface area contributed by atoms with Crippen molar-refractivity contribution in [2.45, 2.75) is 44.1 Å². The van der Waals surface area contributed by atoms with Crippen molar-refractivity contribution in [3.63, 3.8) is 0 Å². The molecular weight excluding hydrogens is 184 g/mol. The van der Waals surface area contributed by atoms with Gasteiger partial charge in [-0.15, -0.1) is 0 Å². The number of aliphatic carboxylic acids is 1. The lowest BCUT2D eigenvalue weighted by Crippen LogP contribution is -2.36. The maximum absolute atomic E-state index is 10.7. The topological polar surface area (TPSA) is 37.3 Å². The van der Waals surface area contributed by atoms with Gasteiger partial charge in [-0.05, 0) is 18.8 Å². The van der Waals surface area contributed by atoms with Gasteiger partial charge in [0.1, 0.15) is 0 Å². The molecule has 0 aromatic heterocycles. The molecule has 1 aliphatic rings. The number of carboxylic acids is 1. The van der Waals surface area contributed by atoms with Crippen molar-refractivity contribution in [1.82, 2.24) is 0 Å². The molecule has 0 radical (unpaired) electrons. The number of hydrogen-bond acceptors (Lipinski definition) is 2. The Balaban J connectivity index is 2.34. The molecule has 0 saturated heterocycles. The van der Waals surface area contributed by atoms with E-state index in [4.69, 9.17) is 5.11 Å². The summed E-state index contributed by atoms with van der Waals surface area (Å²) in [5, 5.41) is 9.79. The van der Waals surface area contributed by atoms with Gasteiger partial charge in [0.25, 0.3) is 0 Å². The first kappa shape index (κ1) is 10.9. The molecule has 1 aliphatic carbocycles. The molecule has 1 fully saturated rings. The lowest BCUT2D eigenvalue weighted by molar-refractivity contribution is -0.144. The van der Waals surface area contributed by atoms with E-state index in [-0.39, 0.29) is 5.92 Å². The molecule has 76 valence electrons. The second kappa shape index (κ2) is 4.36. The van der Waals surface area contributed by atoms with E-state index in [1.165, 1.54) is 0 Å². The molecule has 0 aromatic carbocycles. The summed E-state index contributed by atoms with van der Waals surface area (Å²) in [5.41, 5.74) is 0. The van der Waals surface area contributed by atoms with E-state index in [9.17, 15) is 4.79 Å². The van der Waals surface area contributed by atoms with Crippen LogP contribution >= 0.6 is 11.8 Å². The molecule has 1 N–H and O–H groups in total. The monoisotopic (exact) mass is 202 g/mol. The Bertz CT molecular complexity index is 191. The van der Waals surface area contributed by atoms with Crippen molar-refractivity contribution in [3.05, 3.63) is 0 Å². The second-order valence-electron chi connectivity index (χ2n) is 4.15. The summed E-state index contributed by atoms with van der Waals surface area (Å²) in [6, 6.07) is 0. The Morgan fingerprint density at radius 2 is 2.00 bits per heavy atom. The van der Waals surface area contributed by atoms with E-state index in [2.05, 4.69) is 20.8 Å². The second-order valence-corrected chi connectivity index (χ2v) is 5.77. The minimum atomic E-state index is -0.611. The molecule has 0 aromatic rings. The van der Waals surface area contributed by atoms with Gasteiger partial charge in [0.15, 0.2) is 0 Å². The van der Waals surface area contributed by atoms with Gasteiger partial charge in [-0.1, -0.05) is 20.8 Å². The van der Waals surface area contributed by atoms with Gasteiger partial charge in [0, 0.05) is 10.5 Å². The normalized spacial score (nSPS) is 29.8. The summed E-state index contributed by atoms with van der Waals surface area (Å²) < 4.78 is 0. The van der Waals surface area contributed by atoms with Gasteiger partial charge < -0.3 is 5.11 Å². The standard InChI is InChI=1S/C10H18O2S/c1-6(2)7(3)13-9-5-4-8(9)10(11)12/h6-9H,4-5H2,1-3H3,(H,11,12). The molecule has 1 saturated carbocycles.